The fourth-order valence-corrected chi connectivity index (χ4v) is 3.32. The van der Waals surface area contributed by atoms with Gasteiger partial charge in [-0.05, 0) is 41.5 Å². The molecule has 0 atom stereocenters. The highest BCUT2D eigenvalue weighted by Gasteiger charge is 2.16. The zero-order chi connectivity index (χ0) is 21.5. The number of amides is 2. The van der Waals surface area contributed by atoms with Crippen molar-refractivity contribution >= 4 is 34.0 Å². The topological polar surface area (TPSA) is 70.7 Å². The zero-order valence-electron chi connectivity index (χ0n) is 17.6. The Bertz CT molecular complexity index is 1040. The number of methoxy groups -OCH3 is 1. The van der Waals surface area contributed by atoms with E-state index >= 15 is 0 Å². The summed E-state index contributed by atoms with van der Waals surface area (Å²) in [5.41, 5.74) is 2.45. The first-order valence-corrected chi connectivity index (χ1v) is 9.89. The second-order valence-electron chi connectivity index (χ2n) is 7.21. The molecule has 0 saturated heterocycles. The summed E-state index contributed by atoms with van der Waals surface area (Å²) in [6, 6.07) is 18.8. The minimum Gasteiger partial charge on any atom is -0.385 e. The number of ether oxygens (including phenoxy) is 1. The second kappa shape index (κ2) is 9.89. The van der Waals surface area contributed by atoms with Crippen molar-refractivity contribution in [3.63, 3.8) is 0 Å². The number of carbonyl (C=O) groups excluding carboxylic acids is 2. The van der Waals surface area contributed by atoms with Gasteiger partial charge in [-0.1, -0.05) is 36.4 Å². The molecule has 0 unspecified atom stereocenters. The van der Waals surface area contributed by atoms with Gasteiger partial charge < -0.3 is 20.3 Å². The number of benzene rings is 3. The molecule has 3 rings (SSSR count). The average Bonchev–Trinajstić information content (AvgIpc) is 2.76. The Hall–Kier alpha value is -3.38. The van der Waals surface area contributed by atoms with Crippen molar-refractivity contribution in [2.75, 3.05) is 44.6 Å². The number of hydrogen-bond acceptors (Lipinski definition) is 4. The lowest BCUT2D eigenvalue weighted by Crippen LogP contribution is -2.27. The fraction of sp³-hybridized carbons (Fsp3) is 0.250. The number of hydrogen-bond donors (Lipinski definition) is 2. The first kappa shape index (κ1) is 21.3. The molecule has 3 aromatic rings. The second-order valence-corrected chi connectivity index (χ2v) is 7.21. The summed E-state index contributed by atoms with van der Waals surface area (Å²) < 4.78 is 5.02. The van der Waals surface area contributed by atoms with Gasteiger partial charge in [-0.15, -0.1) is 0 Å². The van der Waals surface area contributed by atoms with E-state index in [1.54, 1.807) is 25.3 Å². The van der Waals surface area contributed by atoms with E-state index < -0.39 is 0 Å². The molecule has 3 aromatic carbocycles. The van der Waals surface area contributed by atoms with E-state index in [0.717, 1.165) is 22.9 Å². The molecule has 6 heteroatoms. The zero-order valence-corrected chi connectivity index (χ0v) is 17.6. The summed E-state index contributed by atoms with van der Waals surface area (Å²) in [5, 5.41) is 7.73. The largest absolute Gasteiger partial charge is 0.385 e. The van der Waals surface area contributed by atoms with Crippen LogP contribution in [0.5, 0.6) is 0 Å². The minimum absolute atomic E-state index is 0.184. The molecular formula is C24H27N3O3. The number of carbonyl (C=O) groups is 2. The molecule has 0 fully saturated rings. The minimum atomic E-state index is -0.212. The predicted molar refractivity (Wildman–Crippen MR) is 121 cm³/mol. The van der Waals surface area contributed by atoms with E-state index in [-0.39, 0.29) is 11.8 Å². The Morgan fingerprint density at radius 2 is 1.70 bits per heavy atom. The highest BCUT2D eigenvalue weighted by molar-refractivity contribution is 6.13. The van der Waals surface area contributed by atoms with Crippen molar-refractivity contribution in [2.45, 2.75) is 6.42 Å². The molecule has 0 radical (unpaired) electrons. The molecule has 0 bridgehead atoms. The van der Waals surface area contributed by atoms with Crippen molar-refractivity contribution in [3.8, 4) is 0 Å². The van der Waals surface area contributed by atoms with Crippen LogP contribution in [-0.2, 0) is 4.74 Å². The normalized spacial score (nSPS) is 10.6. The Morgan fingerprint density at radius 3 is 2.47 bits per heavy atom. The van der Waals surface area contributed by atoms with Gasteiger partial charge in [0.2, 0.25) is 0 Å². The maximum Gasteiger partial charge on any atom is 0.256 e. The van der Waals surface area contributed by atoms with Gasteiger partial charge in [0.1, 0.15) is 0 Å². The van der Waals surface area contributed by atoms with E-state index in [1.165, 1.54) is 0 Å². The van der Waals surface area contributed by atoms with Crippen LogP contribution in [0, 0.1) is 0 Å². The third-order valence-corrected chi connectivity index (χ3v) is 4.83. The van der Waals surface area contributed by atoms with E-state index in [4.69, 9.17) is 4.74 Å². The lowest BCUT2D eigenvalue weighted by Gasteiger charge is -2.18. The van der Waals surface area contributed by atoms with Crippen molar-refractivity contribution < 1.29 is 14.3 Å². The predicted octanol–water partition coefficient (Wildman–Crippen LogP) is 3.92. The van der Waals surface area contributed by atoms with E-state index in [1.807, 2.05) is 61.5 Å². The van der Waals surface area contributed by atoms with Crippen LogP contribution in [0.3, 0.4) is 0 Å². The molecule has 0 aromatic heterocycles. The van der Waals surface area contributed by atoms with Crippen LogP contribution >= 0.6 is 0 Å². The third-order valence-electron chi connectivity index (χ3n) is 4.83. The lowest BCUT2D eigenvalue weighted by atomic mass is 10.0. The van der Waals surface area contributed by atoms with Crippen molar-refractivity contribution in [1.29, 1.82) is 0 Å². The van der Waals surface area contributed by atoms with Gasteiger partial charge in [-0.2, -0.15) is 0 Å². The molecule has 2 amide bonds. The summed E-state index contributed by atoms with van der Waals surface area (Å²) in [6.07, 6.45) is 0.733. The Labute approximate surface area is 176 Å². The standard InChI is InChI=1S/C24H27N3O3/c1-27(2)22-13-12-18(16-21(22)23(28)25-14-7-15-30-3)26-24(29)20-11-6-9-17-8-4-5-10-19(17)20/h4-6,8-13,16H,7,14-15H2,1-3H3,(H,25,28)(H,26,29). The SMILES string of the molecule is COCCCNC(=O)c1cc(NC(=O)c2cccc3ccccc23)ccc1N(C)C. The van der Waals surface area contributed by atoms with Crippen LogP contribution in [0.15, 0.2) is 60.7 Å². The molecule has 0 heterocycles. The average molecular weight is 405 g/mol. The van der Waals surface area contributed by atoms with Crippen LogP contribution in [0.25, 0.3) is 10.8 Å². The Balaban J connectivity index is 1.83. The molecular weight excluding hydrogens is 378 g/mol. The van der Waals surface area contributed by atoms with Gasteiger partial charge in [-0.3, -0.25) is 9.59 Å². The Morgan fingerprint density at radius 1 is 0.933 bits per heavy atom. The molecule has 0 aliphatic carbocycles. The summed E-state index contributed by atoms with van der Waals surface area (Å²) in [7, 11) is 5.39. The fourth-order valence-electron chi connectivity index (χ4n) is 3.32. The molecule has 0 saturated carbocycles. The van der Waals surface area contributed by atoms with Gasteiger partial charge in [0.15, 0.2) is 0 Å². The summed E-state index contributed by atoms with van der Waals surface area (Å²) in [5.74, 6) is -0.396. The maximum absolute atomic E-state index is 12.9. The van der Waals surface area contributed by atoms with Crippen LogP contribution in [-0.4, -0.2) is 46.2 Å². The van der Waals surface area contributed by atoms with Crippen molar-refractivity contribution in [3.05, 3.63) is 71.8 Å². The first-order valence-electron chi connectivity index (χ1n) is 9.89. The Kier molecular flexibility index (Phi) is 7.03. The lowest BCUT2D eigenvalue weighted by molar-refractivity contribution is 0.0947. The van der Waals surface area contributed by atoms with Gasteiger partial charge in [0.25, 0.3) is 11.8 Å². The number of nitrogens with one attached hydrogen (secondary N) is 2. The van der Waals surface area contributed by atoms with Gasteiger partial charge >= 0.3 is 0 Å². The monoisotopic (exact) mass is 405 g/mol. The van der Waals surface area contributed by atoms with E-state index in [0.29, 0.717) is 30.0 Å². The number of anilines is 2. The summed E-state index contributed by atoms with van der Waals surface area (Å²) >= 11 is 0. The van der Waals surface area contributed by atoms with Crippen molar-refractivity contribution in [1.82, 2.24) is 5.32 Å². The van der Waals surface area contributed by atoms with Gasteiger partial charge in [0.05, 0.1) is 5.56 Å². The quantitative estimate of drug-likeness (QED) is 0.557. The molecule has 2 N–H and O–H groups in total. The number of nitrogens with zero attached hydrogens (tertiary/aromatic N) is 1. The molecule has 156 valence electrons. The third kappa shape index (κ3) is 4.96. The smallest absolute Gasteiger partial charge is 0.256 e. The maximum atomic E-state index is 12.9. The first-order chi connectivity index (χ1) is 14.5. The number of fused-ring (bicyclic) bond motifs is 1. The molecule has 0 spiro atoms. The highest BCUT2D eigenvalue weighted by atomic mass is 16.5. The number of rotatable bonds is 8. The van der Waals surface area contributed by atoms with Crippen LogP contribution in [0.1, 0.15) is 27.1 Å². The summed E-state index contributed by atoms with van der Waals surface area (Å²) in [6.45, 7) is 1.11. The van der Waals surface area contributed by atoms with Crippen LogP contribution in [0.2, 0.25) is 0 Å². The van der Waals surface area contributed by atoms with Crippen LogP contribution in [0.4, 0.5) is 11.4 Å². The van der Waals surface area contributed by atoms with Crippen LogP contribution < -0.4 is 15.5 Å². The molecule has 6 nitrogen and oxygen atoms in total. The summed E-state index contributed by atoms with van der Waals surface area (Å²) in [4.78, 5) is 27.5. The van der Waals surface area contributed by atoms with E-state index in [2.05, 4.69) is 10.6 Å². The molecule has 0 aliphatic heterocycles. The molecule has 0 aliphatic rings. The highest BCUT2D eigenvalue weighted by Crippen LogP contribution is 2.25. The molecule has 30 heavy (non-hydrogen) atoms. The van der Waals surface area contributed by atoms with Gasteiger partial charge in [-0.25, -0.2) is 0 Å². The van der Waals surface area contributed by atoms with Crippen molar-refractivity contribution in [2.24, 2.45) is 0 Å². The van der Waals surface area contributed by atoms with E-state index in [9.17, 15) is 9.59 Å². The van der Waals surface area contributed by atoms with Gasteiger partial charge in [0, 0.05) is 51.3 Å².